The van der Waals surface area contributed by atoms with Crippen molar-refractivity contribution in [1.82, 2.24) is 0 Å². The Labute approximate surface area is 132 Å². The van der Waals surface area contributed by atoms with Crippen molar-refractivity contribution >= 4 is 22.6 Å². The standard InChI is InChI=1S/C18H26N2S/c1-3-5-15-7-9-16(10-8-15)19-17-20-18(13-21-17)11-4-6-14(2)12-18/h7-10,14H,3-6,11-13H2,1-2H3,(H,19,20). The van der Waals surface area contributed by atoms with Crippen LogP contribution in [0, 0.1) is 5.92 Å². The number of thioether (sulfide) groups is 1. The van der Waals surface area contributed by atoms with E-state index < -0.39 is 0 Å². The van der Waals surface area contributed by atoms with Gasteiger partial charge in [0.15, 0.2) is 5.17 Å². The van der Waals surface area contributed by atoms with E-state index in [1.807, 2.05) is 11.8 Å². The van der Waals surface area contributed by atoms with Crippen molar-refractivity contribution in [2.24, 2.45) is 10.9 Å². The number of nitrogens with zero attached hydrogens (tertiary/aromatic N) is 1. The van der Waals surface area contributed by atoms with Crippen molar-refractivity contribution in [3.8, 4) is 0 Å². The quantitative estimate of drug-likeness (QED) is 0.839. The zero-order valence-electron chi connectivity index (χ0n) is 13.2. The number of amidine groups is 1. The number of nitrogens with one attached hydrogen (secondary N) is 1. The van der Waals surface area contributed by atoms with Crippen molar-refractivity contribution in [3.05, 3.63) is 29.8 Å². The minimum Gasteiger partial charge on any atom is -0.335 e. The van der Waals surface area contributed by atoms with Gasteiger partial charge in [-0.1, -0.05) is 57.0 Å². The fraction of sp³-hybridized carbons (Fsp3) is 0.611. The van der Waals surface area contributed by atoms with Crippen LogP contribution in [-0.4, -0.2) is 16.5 Å². The monoisotopic (exact) mass is 302 g/mol. The number of aryl methyl sites for hydroxylation is 1. The zero-order chi connectivity index (χ0) is 14.7. The van der Waals surface area contributed by atoms with Gasteiger partial charge in [-0.2, -0.15) is 0 Å². The third-order valence-corrected chi connectivity index (χ3v) is 5.78. The van der Waals surface area contributed by atoms with E-state index in [-0.39, 0.29) is 5.54 Å². The number of rotatable bonds is 3. The molecule has 1 heterocycles. The Kier molecular flexibility index (Phi) is 4.58. The Morgan fingerprint density at radius 3 is 2.86 bits per heavy atom. The molecule has 0 saturated heterocycles. The molecule has 0 radical (unpaired) electrons. The molecule has 2 nitrogen and oxygen atoms in total. The molecular weight excluding hydrogens is 276 g/mol. The molecule has 2 aliphatic rings. The predicted molar refractivity (Wildman–Crippen MR) is 94.3 cm³/mol. The van der Waals surface area contributed by atoms with Crippen LogP contribution in [0.3, 0.4) is 0 Å². The fourth-order valence-corrected chi connectivity index (χ4v) is 4.76. The van der Waals surface area contributed by atoms with Gasteiger partial charge in [0.05, 0.1) is 5.54 Å². The average molecular weight is 302 g/mol. The van der Waals surface area contributed by atoms with E-state index in [1.54, 1.807) is 0 Å². The lowest BCUT2D eigenvalue weighted by Crippen LogP contribution is -2.33. The first kappa shape index (κ1) is 15.0. The number of anilines is 1. The van der Waals surface area contributed by atoms with Crippen molar-refractivity contribution in [2.45, 2.75) is 57.9 Å². The predicted octanol–water partition coefficient (Wildman–Crippen LogP) is 5.10. The summed E-state index contributed by atoms with van der Waals surface area (Å²) in [5.74, 6) is 1.99. The van der Waals surface area contributed by atoms with Crippen molar-refractivity contribution in [1.29, 1.82) is 0 Å². The smallest absolute Gasteiger partial charge is 0.161 e. The van der Waals surface area contributed by atoms with Crippen LogP contribution in [0.25, 0.3) is 0 Å². The third-order valence-electron chi connectivity index (χ3n) is 4.63. The molecule has 1 saturated carbocycles. The van der Waals surface area contributed by atoms with Gasteiger partial charge >= 0.3 is 0 Å². The molecule has 1 aliphatic heterocycles. The molecule has 2 atom stereocenters. The lowest BCUT2D eigenvalue weighted by Gasteiger charge is -2.33. The first-order chi connectivity index (χ1) is 10.2. The van der Waals surface area contributed by atoms with Crippen LogP contribution in [-0.2, 0) is 6.42 Å². The molecule has 0 bridgehead atoms. The van der Waals surface area contributed by atoms with Crippen LogP contribution < -0.4 is 5.32 Å². The minimum absolute atomic E-state index is 0.229. The summed E-state index contributed by atoms with van der Waals surface area (Å²) in [6.07, 6.45) is 7.62. The van der Waals surface area contributed by atoms with E-state index in [0.717, 1.165) is 23.3 Å². The Hall–Kier alpha value is -0.960. The van der Waals surface area contributed by atoms with Crippen LogP contribution >= 0.6 is 11.8 Å². The highest BCUT2D eigenvalue weighted by molar-refractivity contribution is 8.14. The maximum Gasteiger partial charge on any atom is 0.161 e. The molecule has 21 heavy (non-hydrogen) atoms. The molecule has 1 N–H and O–H groups in total. The van der Waals surface area contributed by atoms with Gasteiger partial charge in [-0.25, -0.2) is 0 Å². The van der Waals surface area contributed by atoms with Crippen LogP contribution in [0.1, 0.15) is 51.5 Å². The Morgan fingerprint density at radius 2 is 2.14 bits per heavy atom. The first-order valence-electron chi connectivity index (χ1n) is 8.28. The summed E-state index contributed by atoms with van der Waals surface area (Å²) in [4.78, 5) is 5.05. The molecule has 1 aromatic carbocycles. The van der Waals surface area contributed by atoms with Gasteiger partial charge in [0.25, 0.3) is 0 Å². The van der Waals surface area contributed by atoms with E-state index in [2.05, 4.69) is 43.4 Å². The molecule has 1 fully saturated rings. The van der Waals surface area contributed by atoms with E-state index in [1.165, 1.54) is 43.4 Å². The fourth-order valence-electron chi connectivity index (χ4n) is 3.58. The number of benzene rings is 1. The van der Waals surface area contributed by atoms with Crippen molar-refractivity contribution in [2.75, 3.05) is 11.1 Å². The summed E-state index contributed by atoms with van der Waals surface area (Å²) in [6, 6.07) is 8.82. The second-order valence-corrected chi connectivity index (χ2v) is 7.67. The second kappa shape index (κ2) is 6.43. The van der Waals surface area contributed by atoms with Crippen LogP contribution in [0.15, 0.2) is 29.3 Å². The van der Waals surface area contributed by atoms with Gasteiger partial charge in [0, 0.05) is 11.4 Å². The van der Waals surface area contributed by atoms with Crippen molar-refractivity contribution in [3.63, 3.8) is 0 Å². The molecule has 0 aromatic heterocycles. The van der Waals surface area contributed by atoms with Gasteiger partial charge in [0.2, 0.25) is 0 Å². The van der Waals surface area contributed by atoms with E-state index in [4.69, 9.17) is 4.99 Å². The lowest BCUT2D eigenvalue weighted by molar-refractivity contribution is 0.266. The normalized spacial score (nSPS) is 28.7. The molecule has 2 unspecified atom stereocenters. The van der Waals surface area contributed by atoms with Crippen LogP contribution in [0.4, 0.5) is 5.69 Å². The average Bonchev–Trinajstić information content (AvgIpc) is 2.83. The summed E-state index contributed by atoms with van der Waals surface area (Å²) in [5.41, 5.74) is 2.82. The maximum atomic E-state index is 5.05. The Balaban J connectivity index is 1.65. The van der Waals surface area contributed by atoms with Crippen LogP contribution in [0.2, 0.25) is 0 Å². The Morgan fingerprint density at radius 1 is 1.33 bits per heavy atom. The summed E-state index contributed by atoms with van der Waals surface area (Å²) in [7, 11) is 0. The van der Waals surface area contributed by atoms with Crippen LogP contribution in [0.5, 0.6) is 0 Å². The largest absolute Gasteiger partial charge is 0.335 e. The summed E-state index contributed by atoms with van der Waals surface area (Å²) in [5, 5.41) is 4.63. The summed E-state index contributed by atoms with van der Waals surface area (Å²) >= 11 is 1.90. The molecule has 0 amide bonds. The number of aliphatic imine (C=N–C) groups is 1. The van der Waals surface area contributed by atoms with E-state index in [0.29, 0.717) is 0 Å². The molecule has 1 aromatic rings. The molecule has 3 heteroatoms. The molecular formula is C18H26N2S. The molecule has 1 spiro atoms. The van der Waals surface area contributed by atoms with Gasteiger partial charge < -0.3 is 5.32 Å². The minimum atomic E-state index is 0.229. The van der Waals surface area contributed by atoms with E-state index in [9.17, 15) is 0 Å². The zero-order valence-corrected chi connectivity index (χ0v) is 14.0. The third kappa shape index (κ3) is 3.63. The Bertz CT molecular complexity index is 508. The van der Waals surface area contributed by atoms with Gasteiger partial charge in [-0.3, -0.25) is 4.99 Å². The van der Waals surface area contributed by atoms with Crippen molar-refractivity contribution < 1.29 is 0 Å². The highest BCUT2D eigenvalue weighted by Gasteiger charge is 2.39. The maximum absolute atomic E-state index is 5.05. The summed E-state index contributed by atoms with van der Waals surface area (Å²) in [6.45, 7) is 4.60. The lowest BCUT2D eigenvalue weighted by atomic mass is 9.78. The highest BCUT2D eigenvalue weighted by atomic mass is 32.2. The van der Waals surface area contributed by atoms with Gasteiger partial charge in [-0.05, 0) is 42.9 Å². The number of hydrogen-bond acceptors (Lipinski definition) is 3. The number of hydrogen-bond donors (Lipinski definition) is 1. The van der Waals surface area contributed by atoms with E-state index >= 15 is 0 Å². The molecule has 3 rings (SSSR count). The molecule has 114 valence electrons. The van der Waals surface area contributed by atoms with Gasteiger partial charge in [-0.15, -0.1) is 0 Å². The second-order valence-electron chi connectivity index (χ2n) is 6.70. The summed E-state index contributed by atoms with van der Waals surface area (Å²) < 4.78 is 0. The SMILES string of the molecule is CCCc1ccc(NC2=NC3(CCCC(C)C3)CS2)cc1. The van der Waals surface area contributed by atoms with Gasteiger partial charge in [0.1, 0.15) is 0 Å². The molecule has 1 aliphatic carbocycles. The topological polar surface area (TPSA) is 24.4 Å². The first-order valence-corrected chi connectivity index (χ1v) is 9.26. The highest BCUT2D eigenvalue weighted by Crippen LogP contribution is 2.42.